The molecule has 1 fully saturated rings. The van der Waals surface area contributed by atoms with E-state index >= 15 is 0 Å². The van der Waals surface area contributed by atoms with Crippen molar-refractivity contribution < 1.29 is 21.6 Å². The summed E-state index contributed by atoms with van der Waals surface area (Å²) >= 11 is 0. The normalized spacial score (nSPS) is 22.0. The van der Waals surface area contributed by atoms with Crippen molar-refractivity contribution in [2.24, 2.45) is 11.7 Å². The number of nitrogens with zero attached hydrogens (tertiary/aromatic N) is 1. The summed E-state index contributed by atoms with van der Waals surface area (Å²) in [6.45, 7) is 2.18. The van der Waals surface area contributed by atoms with E-state index in [2.05, 4.69) is 6.92 Å². The van der Waals surface area contributed by atoms with Gasteiger partial charge in [0.25, 0.3) is 0 Å². The number of sulfonamides is 1. The molecule has 0 spiro atoms. The molecule has 1 saturated carbocycles. The summed E-state index contributed by atoms with van der Waals surface area (Å²) in [5.74, 6) is 0.412. The maximum Gasteiger partial charge on any atom is 0.416 e. The van der Waals surface area contributed by atoms with Crippen LogP contribution in [0.4, 0.5) is 13.2 Å². The summed E-state index contributed by atoms with van der Waals surface area (Å²) in [5, 5.41) is 0. The minimum Gasteiger partial charge on any atom is -0.327 e. The van der Waals surface area contributed by atoms with Crippen LogP contribution in [0.25, 0.3) is 0 Å². The third kappa shape index (κ3) is 6.43. The molecule has 0 radical (unpaired) electrons. The highest BCUT2D eigenvalue weighted by Crippen LogP contribution is 2.34. The molecular formula is C21H33F3N2O2S. The molecule has 0 aliphatic heterocycles. The number of hydrogen-bond acceptors (Lipinski definition) is 3. The molecule has 1 aliphatic rings. The van der Waals surface area contributed by atoms with Gasteiger partial charge in [-0.1, -0.05) is 32.6 Å². The van der Waals surface area contributed by atoms with E-state index in [0.29, 0.717) is 5.92 Å². The molecule has 29 heavy (non-hydrogen) atoms. The summed E-state index contributed by atoms with van der Waals surface area (Å²) in [6, 6.07) is 3.71. The molecule has 0 heterocycles. The Labute approximate surface area is 172 Å². The van der Waals surface area contributed by atoms with Gasteiger partial charge in [0, 0.05) is 19.1 Å². The molecule has 8 heteroatoms. The lowest BCUT2D eigenvalue weighted by Gasteiger charge is -2.36. The molecule has 1 aliphatic carbocycles. The van der Waals surface area contributed by atoms with Crippen LogP contribution in [0.5, 0.6) is 0 Å². The molecule has 0 saturated heterocycles. The van der Waals surface area contributed by atoms with Crippen LogP contribution in [0, 0.1) is 5.92 Å². The Balaban J connectivity index is 1.93. The van der Waals surface area contributed by atoms with Crippen molar-refractivity contribution in [1.29, 1.82) is 0 Å². The van der Waals surface area contributed by atoms with Gasteiger partial charge in [-0.05, 0) is 62.3 Å². The standard InChI is InChI=1S/C21H33F3N2O2S/c1-3-4-5-6-7-20(25)16-8-12-18(13-9-16)26(2)29(27,28)19-14-10-17(11-15-19)21(22,23)24/h10-11,14-16,18,20H,3-9,12-13,25H2,1-2H3. The third-order valence-electron chi connectivity index (χ3n) is 6.11. The largest absolute Gasteiger partial charge is 0.416 e. The van der Waals surface area contributed by atoms with Crippen molar-refractivity contribution in [3.63, 3.8) is 0 Å². The Kier molecular flexibility index (Phi) is 8.55. The molecule has 0 bridgehead atoms. The maximum absolute atomic E-state index is 12.8. The molecule has 166 valence electrons. The second-order valence-electron chi connectivity index (χ2n) is 8.13. The van der Waals surface area contributed by atoms with Crippen LogP contribution in [0.15, 0.2) is 29.2 Å². The zero-order chi connectivity index (χ0) is 21.7. The van der Waals surface area contributed by atoms with Crippen molar-refractivity contribution in [3.05, 3.63) is 29.8 Å². The van der Waals surface area contributed by atoms with Crippen LogP contribution in [-0.2, 0) is 16.2 Å². The average molecular weight is 435 g/mol. The van der Waals surface area contributed by atoms with E-state index in [4.69, 9.17) is 5.73 Å². The van der Waals surface area contributed by atoms with Gasteiger partial charge in [-0.15, -0.1) is 0 Å². The highest BCUT2D eigenvalue weighted by molar-refractivity contribution is 7.89. The van der Waals surface area contributed by atoms with E-state index in [0.717, 1.165) is 62.8 Å². The van der Waals surface area contributed by atoms with Crippen LogP contribution in [0.2, 0.25) is 0 Å². The first-order valence-electron chi connectivity index (χ1n) is 10.5. The van der Waals surface area contributed by atoms with Crippen molar-refractivity contribution in [3.8, 4) is 0 Å². The predicted molar refractivity (Wildman–Crippen MR) is 109 cm³/mol. The van der Waals surface area contributed by atoms with Gasteiger partial charge in [-0.3, -0.25) is 0 Å². The van der Waals surface area contributed by atoms with Crippen LogP contribution < -0.4 is 5.73 Å². The Morgan fingerprint density at radius 1 is 1.07 bits per heavy atom. The summed E-state index contributed by atoms with van der Waals surface area (Å²) in [7, 11) is -2.31. The first-order valence-corrected chi connectivity index (χ1v) is 11.9. The zero-order valence-corrected chi connectivity index (χ0v) is 18.1. The molecule has 0 amide bonds. The number of unbranched alkanes of at least 4 members (excludes halogenated alkanes) is 3. The second kappa shape index (κ2) is 10.3. The number of hydrogen-bond donors (Lipinski definition) is 1. The Hall–Kier alpha value is -1.12. The van der Waals surface area contributed by atoms with E-state index in [-0.39, 0.29) is 17.0 Å². The minimum atomic E-state index is -4.48. The first kappa shape index (κ1) is 24.2. The van der Waals surface area contributed by atoms with Crippen molar-refractivity contribution in [1.82, 2.24) is 4.31 Å². The molecule has 1 aromatic rings. The lowest BCUT2D eigenvalue weighted by Crippen LogP contribution is -2.42. The van der Waals surface area contributed by atoms with Gasteiger partial charge < -0.3 is 5.73 Å². The number of rotatable bonds is 9. The topological polar surface area (TPSA) is 63.4 Å². The third-order valence-corrected chi connectivity index (χ3v) is 8.04. The Morgan fingerprint density at radius 2 is 1.66 bits per heavy atom. The summed E-state index contributed by atoms with van der Waals surface area (Å²) < 4.78 is 65.1. The quantitative estimate of drug-likeness (QED) is 0.545. The van der Waals surface area contributed by atoms with E-state index in [9.17, 15) is 21.6 Å². The van der Waals surface area contributed by atoms with E-state index in [1.165, 1.54) is 30.6 Å². The zero-order valence-electron chi connectivity index (χ0n) is 17.3. The number of alkyl halides is 3. The smallest absolute Gasteiger partial charge is 0.327 e. The van der Waals surface area contributed by atoms with Crippen molar-refractivity contribution >= 4 is 10.0 Å². The Bertz CT molecular complexity index is 727. The van der Waals surface area contributed by atoms with Gasteiger partial charge >= 0.3 is 6.18 Å². The fourth-order valence-electron chi connectivity index (χ4n) is 4.11. The van der Waals surface area contributed by atoms with Crippen LogP contribution >= 0.6 is 0 Å². The SMILES string of the molecule is CCCCCCC(N)C1CCC(N(C)S(=O)(=O)c2ccc(C(F)(F)F)cc2)CC1. The molecule has 0 aromatic heterocycles. The summed E-state index contributed by atoms with van der Waals surface area (Å²) in [6.07, 6.45) is 4.50. The molecule has 4 nitrogen and oxygen atoms in total. The van der Waals surface area contributed by atoms with Crippen LogP contribution in [0.3, 0.4) is 0 Å². The number of nitrogens with two attached hydrogens (primary N) is 1. The highest BCUT2D eigenvalue weighted by atomic mass is 32.2. The van der Waals surface area contributed by atoms with Gasteiger partial charge in [-0.25, -0.2) is 8.42 Å². The van der Waals surface area contributed by atoms with Gasteiger partial charge in [0.1, 0.15) is 0 Å². The van der Waals surface area contributed by atoms with Crippen molar-refractivity contribution in [2.75, 3.05) is 7.05 Å². The summed E-state index contributed by atoms with van der Waals surface area (Å²) in [4.78, 5) is -0.109. The van der Waals surface area contributed by atoms with Gasteiger partial charge in [0.05, 0.1) is 10.5 Å². The molecule has 1 aromatic carbocycles. The molecule has 2 rings (SSSR count). The highest BCUT2D eigenvalue weighted by Gasteiger charge is 2.34. The molecule has 1 unspecified atom stereocenters. The minimum absolute atomic E-state index is 0.109. The first-order chi connectivity index (χ1) is 13.6. The molecule has 2 N–H and O–H groups in total. The monoisotopic (exact) mass is 434 g/mol. The van der Waals surface area contributed by atoms with E-state index < -0.39 is 21.8 Å². The Morgan fingerprint density at radius 3 is 2.17 bits per heavy atom. The van der Waals surface area contributed by atoms with E-state index in [1.807, 2.05) is 0 Å². The fraction of sp³-hybridized carbons (Fsp3) is 0.714. The lowest BCUT2D eigenvalue weighted by molar-refractivity contribution is -0.137. The van der Waals surface area contributed by atoms with Crippen LogP contribution in [0.1, 0.15) is 70.3 Å². The van der Waals surface area contributed by atoms with E-state index in [1.54, 1.807) is 0 Å². The van der Waals surface area contributed by atoms with Crippen molar-refractivity contribution in [2.45, 2.75) is 87.9 Å². The average Bonchev–Trinajstić information content (AvgIpc) is 2.70. The predicted octanol–water partition coefficient (Wildman–Crippen LogP) is 5.18. The fourth-order valence-corrected chi connectivity index (χ4v) is 5.53. The van der Waals surface area contributed by atoms with Gasteiger partial charge in [-0.2, -0.15) is 17.5 Å². The van der Waals surface area contributed by atoms with Gasteiger partial charge in [0.2, 0.25) is 10.0 Å². The lowest BCUT2D eigenvalue weighted by atomic mass is 9.80. The molecule has 1 atom stereocenters. The van der Waals surface area contributed by atoms with Gasteiger partial charge in [0.15, 0.2) is 0 Å². The van der Waals surface area contributed by atoms with Crippen LogP contribution in [-0.4, -0.2) is 31.9 Å². The number of halogens is 3. The summed E-state index contributed by atoms with van der Waals surface area (Å²) in [5.41, 5.74) is 5.50. The molecular weight excluding hydrogens is 401 g/mol. The number of benzene rings is 1. The maximum atomic E-state index is 12.8. The second-order valence-corrected chi connectivity index (χ2v) is 10.1.